The molecule has 0 unspecified atom stereocenters. The third-order valence-corrected chi connectivity index (χ3v) is 5.51. The second-order valence-electron chi connectivity index (χ2n) is 8.92. The van der Waals surface area contributed by atoms with E-state index in [4.69, 9.17) is 4.74 Å². The number of carbonyl (C=O) groups is 1. The number of aliphatic hydroxyl groups excluding tert-OH is 1. The SMILES string of the molecule is COc1c(NC(=O)N[C@@H]2Cc3cccc(F)c3C2)cc(C(C)(C)C)cc1[C@@H](O)C(F)(F)F. The van der Waals surface area contributed by atoms with Crippen LogP contribution in [0, 0.1) is 5.82 Å². The molecule has 1 aliphatic carbocycles. The highest BCUT2D eigenvalue weighted by Crippen LogP contribution is 2.43. The smallest absolute Gasteiger partial charge is 0.418 e. The number of hydrogen-bond acceptors (Lipinski definition) is 3. The molecule has 0 spiro atoms. The zero-order valence-corrected chi connectivity index (χ0v) is 18.2. The molecule has 0 radical (unpaired) electrons. The van der Waals surface area contributed by atoms with Crippen LogP contribution in [0.15, 0.2) is 30.3 Å². The maximum Gasteiger partial charge on any atom is 0.418 e. The Labute approximate surface area is 183 Å². The quantitative estimate of drug-likeness (QED) is 0.569. The molecule has 0 aliphatic heterocycles. The van der Waals surface area contributed by atoms with Gasteiger partial charge in [-0.05, 0) is 53.1 Å². The van der Waals surface area contributed by atoms with Crippen LogP contribution in [-0.2, 0) is 18.3 Å². The number of carbonyl (C=O) groups excluding carboxylic acids is 1. The van der Waals surface area contributed by atoms with Crippen molar-refractivity contribution in [2.24, 2.45) is 0 Å². The minimum absolute atomic E-state index is 0.00239. The highest BCUT2D eigenvalue weighted by molar-refractivity contribution is 5.92. The summed E-state index contributed by atoms with van der Waals surface area (Å²) in [6.45, 7) is 5.39. The molecule has 0 heterocycles. The number of ether oxygens (including phenoxy) is 1. The van der Waals surface area contributed by atoms with Crippen LogP contribution in [0.25, 0.3) is 0 Å². The van der Waals surface area contributed by atoms with Crippen molar-refractivity contribution in [3.8, 4) is 5.75 Å². The Morgan fingerprint density at radius 2 is 1.88 bits per heavy atom. The number of hydrogen-bond donors (Lipinski definition) is 3. The number of benzene rings is 2. The lowest BCUT2D eigenvalue weighted by Gasteiger charge is -2.26. The van der Waals surface area contributed by atoms with Gasteiger partial charge in [0.2, 0.25) is 0 Å². The van der Waals surface area contributed by atoms with Gasteiger partial charge in [-0.15, -0.1) is 0 Å². The zero-order chi connectivity index (χ0) is 23.8. The number of methoxy groups -OCH3 is 1. The molecule has 0 aromatic heterocycles. The summed E-state index contributed by atoms with van der Waals surface area (Å²) in [7, 11) is 1.16. The van der Waals surface area contributed by atoms with E-state index in [9.17, 15) is 27.5 Å². The Kier molecular flexibility index (Phi) is 6.42. The molecule has 0 saturated heterocycles. The number of anilines is 1. The molecular weight excluding hydrogens is 428 g/mol. The van der Waals surface area contributed by atoms with Crippen molar-refractivity contribution in [1.82, 2.24) is 5.32 Å². The number of fused-ring (bicyclic) bond motifs is 1. The Morgan fingerprint density at radius 1 is 1.19 bits per heavy atom. The fraction of sp³-hybridized carbons (Fsp3) is 0.435. The third kappa shape index (κ3) is 4.98. The monoisotopic (exact) mass is 454 g/mol. The molecule has 2 aromatic rings. The summed E-state index contributed by atoms with van der Waals surface area (Å²) in [5.74, 6) is -0.615. The van der Waals surface area contributed by atoms with E-state index in [1.165, 1.54) is 18.2 Å². The Hall–Kier alpha value is -2.81. The summed E-state index contributed by atoms with van der Waals surface area (Å²) < 4.78 is 58.9. The summed E-state index contributed by atoms with van der Waals surface area (Å²) in [4.78, 5) is 12.7. The molecular formula is C23H26F4N2O3. The first-order valence-corrected chi connectivity index (χ1v) is 10.1. The third-order valence-electron chi connectivity index (χ3n) is 5.51. The van der Waals surface area contributed by atoms with Gasteiger partial charge in [0.05, 0.1) is 12.8 Å². The maximum absolute atomic E-state index is 14.0. The summed E-state index contributed by atoms with van der Waals surface area (Å²) >= 11 is 0. The van der Waals surface area contributed by atoms with Gasteiger partial charge in [-0.25, -0.2) is 9.18 Å². The van der Waals surface area contributed by atoms with E-state index >= 15 is 0 Å². The number of nitrogens with one attached hydrogen (secondary N) is 2. The molecule has 9 heteroatoms. The fourth-order valence-electron chi connectivity index (χ4n) is 3.84. The summed E-state index contributed by atoms with van der Waals surface area (Å²) in [6.07, 6.45) is -6.94. The fourth-order valence-corrected chi connectivity index (χ4v) is 3.84. The maximum atomic E-state index is 14.0. The lowest BCUT2D eigenvalue weighted by atomic mass is 9.84. The first-order valence-electron chi connectivity index (χ1n) is 10.1. The predicted molar refractivity (Wildman–Crippen MR) is 112 cm³/mol. The Bertz CT molecular complexity index is 1020. The average Bonchev–Trinajstić information content (AvgIpc) is 3.09. The summed E-state index contributed by atoms with van der Waals surface area (Å²) in [5, 5.41) is 15.2. The van der Waals surface area contributed by atoms with E-state index in [0.717, 1.165) is 12.7 Å². The van der Waals surface area contributed by atoms with E-state index in [1.54, 1.807) is 32.9 Å². The van der Waals surface area contributed by atoms with Crippen molar-refractivity contribution in [3.05, 3.63) is 58.4 Å². The molecule has 32 heavy (non-hydrogen) atoms. The van der Waals surface area contributed by atoms with Gasteiger partial charge >= 0.3 is 12.2 Å². The van der Waals surface area contributed by atoms with Gasteiger partial charge in [0.1, 0.15) is 11.6 Å². The first kappa shape index (κ1) is 23.8. The van der Waals surface area contributed by atoms with Crippen molar-refractivity contribution in [2.75, 3.05) is 12.4 Å². The van der Waals surface area contributed by atoms with Crippen LogP contribution in [0.4, 0.5) is 28.0 Å². The van der Waals surface area contributed by atoms with Crippen molar-refractivity contribution < 1.29 is 32.2 Å². The lowest BCUT2D eigenvalue weighted by molar-refractivity contribution is -0.207. The molecule has 2 amide bonds. The standard InChI is InChI=1S/C23H26F4N2O3/c1-22(2,3)13-9-16(20(30)23(25,26)27)19(32-4)18(10-13)29-21(31)28-14-8-12-6-5-7-17(24)15(12)11-14/h5-7,9-10,14,20,30H,8,11H2,1-4H3,(H2,28,29,31)/t14-,20-/m1/s1. The van der Waals surface area contributed by atoms with Crippen LogP contribution in [0.3, 0.4) is 0 Å². The van der Waals surface area contributed by atoms with Crippen LogP contribution in [-0.4, -0.2) is 30.5 Å². The molecule has 3 rings (SSSR count). The number of urea groups is 1. The van der Waals surface area contributed by atoms with E-state index in [2.05, 4.69) is 10.6 Å². The number of rotatable bonds is 4. The van der Waals surface area contributed by atoms with Gasteiger partial charge in [0.15, 0.2) is 6.10 Å². The molecule has 2 aromatic carbocycles. The minimum Gasteiger partial charge on any atom is -0.494 e. The topological polar surface area (TPSA) is 70.6 Å². The van der Waals surface area contributed by atoms with Gasteiger partial charge in [-0.3, -0.25) is 0 Å². The molecule has 3 N–H and O–H groups in total. The van der Waals surface area contributed by atoms with Crippen molar-refractivity contribution in [3.63, 3.8) is 0 Å². The molecule has 0 bridgehead atoms. The zero-order valence-electron chi connectivity index (χ0n) is 18.2. The molecule has 1 aliphatic rings. The van der Waals surface area contributed by atoms with E-state index in [1.807, 2.05) is 0 Å². The average molecular weight is 454 g/mol. The number of halogens is 4. The molecule has 174 valence electrons. The van der Waals surface area contributed by atoms with Crippen LogP contribution in [0.2, 0.25) is 0 Å². The Balaban J connectivity index is 1.88. The Morgan fingerprint density at radius 3 is 2.44 bits per heavy atom. The lowest BCUT2D eigenvalue weighted by Crippen LogP contribution is -2.38. The van der Waals surface area contributed by atoms with Gasteiger partial charge < -0.3 is 20.5 Å². The largest absolute Gasteiger partial charge is 0.494 e. The number of aliphatic hydroxyl groups is 1. The van der Waals surface area contributed by atoms with E-state index in [-0.39, 0.29) is 23.3 Å². The van der Waals surface area contributed by atoms with Crippen LogP contribution in [0.5, 0.6) is 5.75 Å². The second-order valence-corrected chi connectivity index (χ2v) is 8.92. The van der Waals surface area contributed by atoms with E-state index in [0.29, 0.717) is 24.0 Å². The molecule has 5 nitrogen and oxygen atoms in total. The van der Waals surface area contributed by atoms with Crippen LogP contribution >= 0.6 is 0 Å². The van der Waals surface area contributed by atoms with Crippen LogP contribution < -0.4 is 15.4 Å². The molecule has 0 fully saturated rings. The van der Waals surface area contributed by atoms with Gasteiger partial charge in [0, 0.05) is 11.6 Å². The predicted octanol–water partition coefficient (Wildman–Crippen LogP) is 5.02. The first-order chi connectivity index (χ1) is 14.8. The van der Waals surface area contributed by atoms with Gasteiger partial charge in [0.25, 0.3) is 0 Å². The highest BCUT2D eigenvalue weighted by atomic mass is 19.4. The molecule has 2 atom stereocenters. The highest BCUT2D eigenvalue weighted by Gasteiger charge is 2.42. The number of amides is 2. The minimum atomic E-state index is -4.91. The normalized spacial score (nSPS) is 17.0. The van der Waals surface area contributed by atoms with Crippen molar-refractivity contribution in [2.45, 2.75) is 57.3 Å². The summed E-state index contributed by atoms with van der Waals surface area (Å²) in [6, 6.07) is 6.48. The number of alkyl halides is 3. The summed E-state index contributed by atoms with van der Waals surface area (Å²) in [5.41, 5.74) is 0.765. The van der Waals surface area contributed by atoms with E-state index < -0.39 is 29.3 Å². The second kappa shape index (κ2) is 8.61. The molecule has 0 saturated carbocycles. The van der Waals surface area contributed by atoms with Crippen molar-refractivity contribution >= 4 is 11.7 Å². The van der Waals surface area contributed by atoms with Crippen molar-refractivity contribution in [1.29, 1.82) is 0 Å². The van der Waals surface area contributed by atoms with Crippen LogP contribution in [0.1, 0.15) is 49.1 Å². The van der Waals surface area contributed by atoms with Gasteiger partial charge in [-0.2, -0.15) is 13.2 Å². The van der Waals surface area contributed by atoms with Gasteiger partial charge in [-0.1, -0.05) is 32.9 Å².